The van der Waals surface area contributed by atoms with Crippen LogP contribution >= 0.6 is 0 Å². The molecule has 0 fully saturated rings. The molecule has 0 bridgehead atoms. The van der Waals surface area contributed by atoms with Gasteiger partial charge in [0.05, 0.1) is 22.6 Å². The Hall–Kier alpha value is -3.94. The highest BCUT2D eigenvalue weighted by Gasteiger charge is 2.27. The number of furan rings is 1. The second-order valence-corrected chi connectivity index (χ2v) is 8.68. The van der Waals surface area contributed by atoms with Crippen LogP contribution < -0.4 is 5.14 Å². The first-order valence-corrected chi connectivity index (χ1v) is 11.4. The number of benzene rings is 1. The summed E-state index contributed by atoms with van der Waals surface area (Å²) in [5.74, 6) is -0.665. The van der Waals surface area contributed by atoms with Gasteiger partial charge in [-0.1, -0.05) is 0 Å². The first-order valence-electron chi connectivity index (χ1n) is 9.82. The molecule has 2 aromatic heterocycles. The predicted molar refractivity (Wildman–Crippen MR) is 120 cm³/mol. The quantitative estimate of drug-likeness (QED) is 0.233. The number of H-pyrrole nitrogens is 1. The van der Waals surface area contributed by atoms with Crippen LogP contribution in [0.2, 0.25) is 0 Å². The van der Waals surface area contributed by atoms with Gasteiger partial charge in [0.2, 0.25) is 15.8 Å². The second kappa shape index (κ2) is 9.28. The Balaban J connectivity index is 1.95. The fourth-order valence-corrected chi connectivity index (χ4v) is 3.86. The number of hydrogen-bond donors (Lipinski definition) is 2. The monoisotopic (exact) mass is 467 g/mol. The lowest BCUT2D eigenvalue weighted by molar-refractivity contribution is 0.0523. The molecule has 3 rings (SSSR count). The molecule has 0 saturated heterocycles. The maximum absolute atomic E-state index is 13.1. The number of nitrogens with one attached hydrogen (secondary N) is 1. The van der Waals surface area contributed by atoms with Crippen LogP contribution in [0.15, 0.2) is 51.3 Å². The topological polar surface area (TPSA) is 156 Å². The highest BCUT2D eigenvalue weighted by Crippen LogP contribution is 2.27. The van der Waals surface area contributed by atoms with Crippen LogP contribution in [0.25, 0.3) is 17.4 Å². The first kappa shape index (κ1) is 23.7. The highest BCUT2D eigenvalue weighted by atomic mass is 32.2. The van der Waals surface area contributed by atoms with Crippen LogP contribution in [-0.2, 0) is 14.8 Å². The molecular weight excluding hydrogens is 446 g/mol. The molecule has 10 heteroatoms. The SMILES string of the molecule is CCOC(=O)c1c(C)[nH]c(C)c1C(=O)/C(C#N)=C/c1ccc(-c2ccc(S(N)(=O)=O)cc2)o1. The molecule has 0 amide bonds. The molecule has 0 spiro atoms. The lowest BCUT2D eigenvalue weighted by Gasteiger charge is -2.05. The molecule has 170 valence electrons. The lowest BCUT2D eigenvalue weighted by Crippen LogP contribution is -2.13. The van der Waals surface area contributed by atoms with Gasteiger partial charge in [-0.25, -0.2) is 18.4 Å². The van der Waals surface area contributed by atoms with E-state index in [2.05, 4.69) is 4.98 Å². The standard InChI is InChI=1S/C23H21N3O6S/c1-4-31-23(28)21-14(3)26-13(2)20(21)22(27)16(12-24)11-17-7-10-19(32-17)15-5-8-18(9-6-15)33(25,29)30/h5-11,26H,4H2,1-3H3,(H2,25,29,30)/b16-11+. The number of esters is 1. The Kier molecular flexibility index (Phi) is 6.67. The van der Waals surface area contributed by atoms with Crippen LogP contribution in [0.5, 0.6) is 0 Å². The summed E-state index contributed by atoms with van der Waals surface area (Å²) in [4.78, 5) is 28.4. The summed E-state index contributed by atoms with van der Waals surface area (Å²) in [5.41, 5.74) is 1.42. The smallest absolute Gasteiger partial charge is 0.340 e. The number of aromatic nitrogens is 1. The lowest BCUT2D eigenvalue weighted by atomic mass is 9.99. The number of carbonyl (C=O) groups is 2. The number of nitrogens with two attached hydrogens (primary N) is 1. The number of rotatable bonds is 7. The number of ether oxygens (including phenoxy) is 1. The van der Waals surface area contributed by atoms with Crippen molar-refractivity contribution in [3.63, 3.8) is 0 Å². The zero-order chi connectivity index (χ0) is 24.3. The van der Waals surface area contributed by atoms with E-state index in [-0.39, 0.29) is 34.0 Å². The van der Waals surface area contributed by atoms with Gasteiger partial charge in [-0.3, -0.25) is 4.79 Å². The maximum Gasteiger partial charge on any atom is 0.340 e. The third kappa shape index (κ3) is 4.95. The van der Waals surface area contributed by atoms with Crippen molar-refractivity contribution < 1.29 is 27.2 Å². The molecule has 0 aliphatic carbocycles. The average Bonchev–Trinajstić information content (AvgIpc) is 3.34. The normalized spacial score (nSPS) is 11.8. The fraction of sp³-hybridized carbons (Fsp3) is 0.174. The molecule has 0 aliphatic heterocycles. The summed E-state index contributed by atoms with van der Waals surface area (Å²) < 4.78 is 33.6. The second-order valence-electron chi connectivity index (χ2n) is 7.12. The van der Waals surface area contributed by atoms with Crippen molar-refractivity contribution in [1.29, 1.82) is 5.26 Å². The average molecular weight is 468 g/mol. The van der Waals surface area contributed by atoms with Crippen molar-refractivity contribution in [3.8, 4) is 17.4 Å². The molecule has 0 radical (unpaired) electrons. The molecule has 0 atom stereocenters. The summed E-state index contributed by atoms with van der Waals surface area (Å²) in [5, 5.41) is 14.7. The number of allylic oxidation sites excluding steroid dienone is 1. The van der Waals surface area contributed by atoms with Gasteiger partial charge in [0.1, 0.15) is 23.2 Å². The Morgan fingerprint density at radius 3 is 2.33 bits per heavy atom. The zero-order valence-electron chi connectivity index (χ0n) is 18.1. The largest absolute Gasteiger partial charge is 0.462 e. The minimum absolute atomic E-state index is 0.0372. The van der Waals surface area contributed by atoms with Crippen LogP contribution in [0.1, 0.15) is 44.8 Å². The van der Waals surface area contributed by atoms with Gasteiger partial charge < -0.3 is 14.1 Å². The molecule has 0 saturated carbocycles. The Bertz CT molecular complexity index is 1400. The van der Waals surface area contributed by atoms with E-state index in [0.29, 0.717) is 22.7 Å². The molecule has 2 heterocycles. The molecule has 33 heavy (non-hydrogen) atoms. The van der Waals surface area contributed by atoms with Crippen LogP contribution in [0.4, 0.5) is 0 Å². The number of hydrogen-bond acceptors (Lipinski definition) is 7. The van der Waals surface area contributed by atoms with E-state index in [1.807, 2.05) is 6.07 Å². The van der Waals surface area contributed by atoms with E-state index in [9.17, 15) is 23.3 Å². The Labute approximate surface area is 190 Å². The third-order valence-corrected chi connectivity index (χ3v) is 5.76. The number of ketones is 1. The van der Waals surface area contributed by atoms with Crippen molar-refractivity contribution in [2.45, 2.75) is 25.7 Å². The maximum atomic E-state index is 13.1. The Morgan fingerprint density at radius 2 is 1.76 bits per heavy atom. The molecule has 0 unspecified atom stereocenters. The zero-order valence-corrected chi connectivity index (χ0v) is 18.9. The van der Waals surface area contributed by atoms with Crippen molar-refractivity contribution in [3.05, 3.63) is 70.2 Å². The number of aryl methyl sites for hydroxylation is 2. The van der Waals surface area contributed by atoms with Gasteiger partial charge in [-0.15, -0.1) is 0 Å². The van der Waals surface area contributed by atoms with Gasteiger partial charge in [-0.2, -0.15) is 5.26 Å². The summed E-state index contributed by atoms with van der Waals surface area (Å²) in [6.07, 6.45) is 1.28. The molecular formula is C23H21N3O6S. The van der Waals surface area contributed by atoms with Gasteiger partial charge in [-0.05, 0) is 57.2 Å². The fourth-order valence-electron chi connectivity index (χ4n) is 3.34. The molecule has 1 aromatic carbocycles. The summed E-state index contributed by atoms with van der Waals surface area (Å²) in [6, 6.07) is 10.8. The molecule has 0 aliphatic rings. The van der Waals surface area contributed by atoms with Crippen LogP contribution in [0.3, 0.4) is 0 Å². The number of nitriles is 1. The number of nitrogens with zero attached hydrogens (tertiary/aromatic N) is 1. The van der Waals surface area contributed by atoms with Crippen molar-refractivity contribution in [1.82, 2.24) is 4.98 Å². The number of Topliss-reactive ketones (excluding diaryl/α,β-unsaturated/α-hetero) is 1. The minimum Gasteiger partial charge on any atom is -0.462 e. The van der Waals surface area contributed by atoms with Gasteiger partial charge in [0, 0.05) is 23.0 Å². The molecule has 3 N–H and O–H groups in total. The third-order valence-electron chi connectivity index (χ3n) is 4.83. The van der Waals surface area contributed by atoms with E-state index >= 15 is 0 Å². The summed E-state index contributed by atoms with van der Waals surface area (Å²) in [7, 11) is -3.82. The predicted octanol–water partition coefficient (Wildman–Crippen LogP) is 3.51. The highest BCUT2D eigenvalue weighted by molar-refractivity contribution is 7.89. The number of primary sulfonamides is 1. The van der Waals surface area contributed by atoms with Gasteiger partial charge >= 0.3 is 5.97 Å². The van der Waals surface area contributed by atoms with Crippen molar-refractivity contribution >= 4 is 27.9 Å². The van der Waals surface area contributed by atoms with E-state index in [1.165, 1.54) is 30.3 Å². The summed E-state index contributed by atoms with van der Waals surface area (Å²) in [6.45, 7) is 5.08. The van der Waals surface area contributed by atoms with E-state index in [4.69, 9.17) is 14.3 Å². The van der Waals surface area contributed by atoms with Crippen molar-refractivity contribution in [2.24, 2.45) is 5.14 Å². The Morgan fingerprint density at radius 1 is 1.12 bits per heavy atom. The summed E-state index contributed by atoms with van der Waals surface area (Å²) >= 11 is 0. The van der Waals surface area contributed by atoms with Crippen molar-refractivity contribution in [2.75, 3.05) is 6.61 Å². The van der Waals surface area contributed by atoms with Crippen LogP contribution in [0, 0.1) is 25.2 Å². The van der Waals surface area contributed by atoms with E-state index < -0.39 is 21.8 Å². The van der Waals surface area contributed by atoms with Gasteiger partial charge in [0.25, 0.3) is 0 Å². The number of sulfonamides is 1. The minimum atomic E-state index is -3.82. The molecule has 9 nitrogen and oxygen atoms in total. The molecule has 3 aromatic rings. The van der Waals surface area contributed by atoms with E-state index in [0.717, 1.165) is 0 Å². The number of carbonyl (C=O) groups excluding carboxylic acids is 2. The first-order chi connectivity index (χ1) is 15.6. The van der Waals surface area contributed by atoms with E-state index in [1.54, 1.807) is 32.9 Å². The number of aromatic amines is 1. The van der Waals surface area contributed by atoms with Crippen LogP contribution in [-0.4, -0.2) is 31.8 Å². The van der Waals surface area contributed by atoms with Gasteiger partial charge in [0.15, 0.2) is 0 Å².